The summed E-state index contributed by atoms with van der Waals surface area (Å²) in [6.07, 6.45) is 1.59. The molecule has 11 heteroatoms. The molecular formula is C19H18N4O4S3. The first-order chi connectivity index (χ1) is 14.5. The molecule has 8 nitrogen and oxygen atoms in total. The van der Waals surface area contributed by atoms with Crippen molar-refractivity contribution in [3.05, 3.63) is 42.6 Å². The van der Waals surface area contributed by atoms with Gasteiger partial charge in [-0.2, -0.15) is 0 Å². The Bertz CT molecular complexity index is 1040. The summed E-state index contributed by atoms with van der Waals surface area (Å²) in [6.45, 7) is 0. The Kier molecular flexibility index (Phi) is 8.05. The monoisotopic (exact) mass is 462 g/mol. The first kappa shape index (κ1) is 22.1. The number of amides is 2. The number of methoxy groups -OCH3 is 1. The normalized spacial score (nSPS) is 10.6. The first-order valence-electron chi connectivity index (χ1n) is 8.72. The molecule has 2 heterocycles. The minimum Gasteiger partial charge on any atom is -0.468 e. The van der Waals surface area contributed by atoms with Crippen LogP contribution in [0.1, 0.15) is 0 Å². The topological polar surface area (TPSA) is 110 Å². The minimum absolute atomic E-state index is 0.149. The zero-order valence-electron chi connectivity index (χ0n) is 15.9. The molecule has 0 unspecified atom stereocenters. The first-order valence-corrected chi connectivity index (χ1v) is 11.7. The van der Waals surface area contributed by atoms with E-state index in [4.69, 9.17) is 0 Å². The lowest BCUT2D eigenvalue weighted by molar-refractivity contribution is -0.137. The molecule has 0 saturated heterocycles. The summed E-state index contributed by atoms with van der Waals surface area (Å²) in [5.41, 5.74) is 1.45. The van der Waals surface area contributed by atoms with Crippen LogP contribution in [0, 0.1) is 0 Å². The Morgan fingerprint density at radius 2 is 1.87 bits per heavy atom. The van der Waals surface area contributed by atoms with E-state index in [1.165, 1.54) is 42.0 Å². The number of thioether (sulfide) groups is 2. The van der Waals surface area contributed by atoms with Crippen LogP contribution in [-0.2, 0) is 19.1 Å². The average molecular weight is 463 g/mol. The van der Waals surface area contributed by atoms with E-state index in [9.17, 15) is 14.4 Å². The van der Waals surface area contributed by atoms with Gasteiger partial charge in [-0.05, 0) is 30.3 Å². The van der Waals surface area contributed by atoms with Crippen molar-refractivity contribution < 1.29 is 19.1 Å². The van der Waals surface area contributed by atoms with Crippen LogP contribution in [-0.4, -0.2) is 52.1 Å². The molecule has 0 fully saturated rings. The van der Waals surface area contributed by atoms with E-state index in [1.807, 2.05) is 12.1 Å². The summed E-state index contributed by atoms with van der Waals surface area (Å²) in [5.74, 6) is 0.262. The molecule has 0 saturated carbocycles. The van der Waals surface area contributed by atoms with Gasteiger partial charge in [-0.25, -0.2) is 9.97 Å². The van der Waals surface area contributed by atoms with Crippen molar-refractivity contribution in [3.8, 4) is 0 Å². The molecule has 3 rings (SSSR count). The maximum absolute atomic E-state index is 12.2. The Labute approximate surface area is 185 Å². The minimum atomic E-state index is -0.307. The van der Waals surface area contributed by atoms with Crippen LogP contribution in [0.3, 0.4) is 0 Å². The third-order valence-electron chi connectivity index (χ3n) is 3.59. The largest absolute Gasteiger partial charge is 0.468 e. The molecule has 30 heavy (non-hydrogen) atoms. The average Bonchev–Trinajstić information content (AvgIpc) is 3.15. The fourth-order valence-corrected chi connectivity index (χ4v) is 4.83. The van der Waals surface area contributed by atoms with Crippen LogP contribution in [0.25, 0.3) is 10.2 Å². The number of thiazole rings is 1. The van der Waals surface area contributed by atoms with Gasteiger partial charge in [-0.3, -0.25) is 14.4 Å². The summed E-state index contributed by atoms with van der Waals surface area (Å²) in [4.78, 5) is 43.8. The fraction of sp³-hybridized carbons (Fsp3) is 0.211. The smallest absolute Gasteiger partial charge is 0.316 e. The highest BCUT2D eigenvalue weighted by Crippen LogP contribution is 2.31. The molecule has 0 radical (unpaired) electrons. The Balaban J connectivity index is 1.46. The van der Waals surface area contributed by atoms with Crippen LogP contribution in [0.2, 0.25) is 0 Å². The maximum Gasteiger partial charge on any atom is 0.316 e. The number of nitrogens with zero attached hydrogens (tertiary/aromatic N) is 2. The SMILES string of the molecule is COC(=O)CSc1nc2ccc(NC(=O)CSCC(=O)Nc3ccccn3)cc2s1. The van der Waals surface area contributed by atoms with Crippen molar-refractivity contribution in [1.29, 1.82) is 0 Å². The number of anilines is 2. The molecule has 0 aliphatic rings. The van der Waals surface area contributed by atoms with Crippen molar-refractivity contribution >= 4 is 74.4 Å². The lowest BCUT2D eigenvalue weighted by atomic mass is 10.3. The molecule has 0 aliphatic heterocycles. The molecule has 2 N–H and O–H groups in total. The van der Waals surface area contributed by atoms with E-state index in [2.05, 4.69) is 25.3 Å². The number of benzene rings is 1. The number of fused-ring (bicyclic) bond motifs is 1. The van der Waals surface area contributed by atoms with Gasteiger partial charge in [0.2, 0.25) is 11.8 Å². The van der Waals surface area contributed by atoms with Gasteiger partial charge in [-0.15, -0.1) is 23.1 Å². The summed E-state index contributed by atoms with van der Waals surface area (Å²) >= 11 is 3.97. The van der Waals surface area contributed by atoms with E-state index in [-0.39, 0.29) is 35.0 Å². The molecule has 2 amide bonds. The molecule has 0 spiro atoms. The van der Waals surface area contributed by atoms with Crippen molar-refractivity contribution in [2.75, 3.05) is 35.0 Å². The van der Waals surface area contributed by atoms with Gasteiger partial charge in [0.1, 0.15) is 5.82 Å². The fourth-order valence-electron chi connectivity index (χ4n) is 2.27. The summed E-state index contributed by atoms with van der Waals surface area (Å²) < 4.78 is 6.29. The Morgan fingerprint density at radius 3 is 2.60 bits per heavy atom. The predicted molar refractivity (Wildman–Crippen MR) is 121 cm³/mol. The van der Waals surface area contributed by atoms with Gasteiger partial charge < -0.3 is 15.4 Å². The van der Waals surface area contributed by atoms with Crippen LogP contribution in [0.5, 0.6) is 0 Å². The van der Waals surface area contributed by atoms with E-state index in [0.29, 0.717) is 11.5 Å². The van der Waals surface area contributed by atoms with Crippen molar-refractivity contribution in [2.24, 2.45) is 0 Å². The number of rotatable bonds is 9. The van der Waals surface area contributed by atoms with Crippen LogP contribution in [0.4, 0.5) is 11.5 Å². The number of hydrogen-bond donors (Lipinski definition) is 2. The quantitative estimate of drug-likeness (QED) is 0.368. The highest BCUT2D eigenvalue weighted by Gasteiger charge is 2.10. The second kappa shape index (κ2) is 11.0. The van der Waals surface area contributed by atoms with E-state index < -0.39 is 0 Å². The van der Waals surface area contributed by atoms with Gasteiger partial charge in [0.05, 0.1) is 34.6 Å². The summed E-state index contributed by atoms with van der Waals surface area (Å²) in [6, 6.07) is 10.7. The molecule has 3 aromatic rings. The zero-order valence-corrected chi connectivity index (χ0v) is 18.4. The lowest BCUT2D eigenvalue weighted by Crippen LogP contribution is -2.18. The Hall–Kier alpha value is -2.63. The van der Waals surface area contributed by atoms with Crippen molar-refractivity contribution in [2.45, 2.75) is 4.34 Å². The lowest BCUT2D eigenvalue weighted by Gasteiger charge is -2.06. The molecule has 0 aliphatic carbocycles. The highest BCUT2D eigenvalue weighted by atomic mass is 32.2. The molecular weight excluding hydrogens is 444 g/mol. The Morgan fingerprint density at radius 1 is 1.07 bits per heavy atom. The molecule has 0 atom stereocenters. The third kappa shape index (κ3) is 6.71. The number of esters is 1. The molecule has 2 aromatic heterocycles. The van der Waals surface area contributed by atoms with Crippen LogP contribution < -0.4 is 10.6 Å². The second-order valence-electron chi connectivity index (χ2n) is 5.83. The summed E-state index contributed by atoms with van der Waals surface area (Å²) in [5, 5.41) is 5.49. The number of carbonyl (C=O) groups is 3. The standard InChI is InChI=1S/C19H18N4O4S3/c1-27-18(26)11-29-19-22-13-6-5-12(8-14(13)30-19)21-16(24)9-28-10-17(25)23-15-4-2-3-7-20-15/h2-8H,9-11H2,1H3,(H,21,24)(H,20,23,25). The van der Waals surface area contributed by atoms with Crippen LogP contribution >= 0.6 is 34.9 Å². The second-order valence-corrected chi connectivity index (χ2v) is 9.07. The molecule has 156 valence electrons. The van der Waals surface area contributed by atoms with Gasteiger partial charge in [-0.1, -0.05) is 17.8 Å². The van der Waals surface area contributed by atoms with E-state index in [1.54, 1.807) is 30.5 Å². The molecule has 1 aromatic carbocycles. The zero-order chi connectivity index (χ0) is 21.3. The van der Waals surface area contributed by atoms with E-state index >= 15 is 0 Å². The number of nitrogens with one attached hydrogen (secondary N) is 2. The molecule has 0 bridgehead atoms. The number of carbonyl (C=O) groups excluding carboxylic acids is 3. The number of hydrogen-bond acceptors (Lipinski definition) is 9. The number of ether oxygens (including phenoxy) is 1. The van der Waals surface area contributed by atoms with Gasteiger partial charge >= 0.3 is 5.97 Å². The van der Waals surface area contributed by atoms with Gasteiger partial charge in [0.25, 0.3) is 0 Å². The predicted octanol–water partition coefficient (Wildman–Crippen LogP) is 3.27. The van der Waals surface area contributed by atoms with E-state index in [0.717, 1.165) is 14.6 Å². The summed E-state index contributed by atoms with van der Waals surface area (Å²) in [7, 11) is 1.35. The highest BCUT2D eigenvalue weighted by molar-refractivity contribution is 8.01. The number of pyridine rings is 1. The van der Waals surface area contributed by atoms with Crippen molar-refractivity contribution in [3.63, 3.8) is 0 Å². The number of aromatic nitrogens is 2. The van der Waals surface area contributed by atoms with Gasteiger partial charge in [0, 0.05) is 11.9 Å². The van der Waals surface area contributed by atoms with Gasteiger partial charge in [0.15, 0.2) is 4.34 Å². The van der Waals surface area contributed by atoms with Crippen LogP contribution in [0.15, 0.2) is 46.9 Å². The third-order valence-corrected chi connectivity index (χ3v) is 6.66. The van der Waals surface area contributed by atoms with Crippen molar-refractivity contribution in [1.82, 2.24) is 9.97 Å². The maximum atomic E-state index is 12.2.